The molecule has 2 aromatic rings. The number of amides is 1. The average molecular weight is 373 g/mol. The highest BCUT2D eigenvalue weighted by molar-refractivity contribution is 5.93. The van der Waals surface area contributed by atoms with Gasteiger partial charge in [0, 0.05) is 19.2 Å². The van der Waals surface area contributed by atoms with Gasteiger partial charge in [0.05, 0.1) is 18.3 Å². The molecule has 26 heavy (non-hydrogen) atoms. The van der Waals surface area contributed by atoms with E-state index < -0.39 is 35.8 Å². The number of hydrogen-bond acceptors (Lipinski definition) is 5. The van der Waals surface area contributed by atoms with Gasteiger partial charge in [-0.25, -0.2) is 18.9 Å². The summed E-state index contributed by atoms with van der Waals surface area (Å²) in [5.41, 5.74) is -3.66. The number of aromatic nitrogens is 4. The van der Waals surface area contributed by atoms with Gasteiger partial charge in [-0.1, -0.05) is 5.21 Å². The summed E-state index contributed by atoms with van der Waals surface area (Å²) in [6, 6.07) is 1.86. The third kappa shape index (κ3) is 3.21. The zero-order valence-electron chi connectivity index (χ0n) is 12.9. The normalized spacial score (nSPS) is 20.4. The Morgan fingerprint density at radius 3 is 2.54 bits per heavy atom. The van der Waals surface area contributed by atoms with Crippen molar-refractivity contribution < 1.29 is 32.3 Å². The van der Waals surface area contributed by atoms with Gasteiger partial charge in [-0.15, -0.1) is 5.10 Å². The lowest BCUT2D eigenvalue weighted by atomic mass is 10.1. The monoisotopic (exact) mass is 373 g/mol. The second kappa shape index (κ2) is 6.04. The number of carbonyl (C=O) groups is 2. The van der Waals surface area contributed by atoms with Crippen LogP contribution in [0.1, 0.15) is 22.5 Å². The van der Waals surface area contributed by atoms with Crippen molar-refractivity contribution in [2.45, 2.75) is 18.3 Å². The van der Waals surface area contributed by atoms with E-state index in [1.807, 2.05) is 0 Å². The van der Waals surface area contributed by atoms with Crippen molar-refractivity contribution in [3.8, 4) is 5.82 Å². The van der Waals surface area contributed by atoms with E-state index in [1.54, 1.807) is 0 Å². The van der Waals surface area contributed by atoms with Crippen LogP contribution in [0.5, 0.6) is 0 Å². The van der Waals surface area contributed by atoms with E-state index in [-0.39, 0.29) is 24.5 Å². The fourth-order valence-electron chi connectivity index (χ4n) is 2.45. The van der Waals surface area contributed by atoms with Crippen LogP contribution in [0.25, 0.3) is 5.82 Å². The predicted octanol–water partition coefficient (Wildman–Crippen LogP) is 1.32. The average Bonchev–Trinajstić information content (AvgIpc) is 3.21. The summed E-state index contributed by atoms with van der Waals surface area (Å²) in [5.74, 6) is -2.38. The summed E-state index contributed by atoms with van der Waals surface area (Å²) in [6.45, 7) is -0.723. The van der Waals surface area contributed by atoms with Crippen molar-refractivity contribution in [3.63, 3.8) is 0 Å². The SMILES string of the molecule is O=C(c1cn(-c2ccc(C(F)(F)F)cn2)nn1)N1CCC(F)(C(=O)O)C1. The largest absolute Gasteiger partial charge is 0.479 e. The van der Waals surface area contributed by atoms with E-state index in [2.05, 4.69) is 15.3 Å². The molecule has 138 valence electrons. The molecule has 3 heterocycles. The van der Waals surface area contributed by atoms with E-state index in [0.717, 1.165) is 27.9 Å². The number of hydrogen-bond donors (Lipinski definition) is 1. The molecule has 1 aliphatic rings. The van der Waals surface area contributed by atoms with Crippen LogP contribution in [0.4, 0.5) is 17.6 Å². The number of nitrogens with zero attached hydrogens (tertiary/aromatic N) is 5. The number of carboxylic acids is 1. The van der Waals surface area contributed by atoms with Crippen LogP contribution >= 0.6 is 0 Å². The maximum absolute atomic E-state index is 14.0. The summed E-state index contributed by atoms with van der Waals surface area (Å²) < 4.78 is 52.6. The second-order valence-electron chi connectivity index (χ2n) is 5.70. The van der Waals surface area contributed by atoms with Crippen LogP contribution in [-0.4, -0.2) is 60.6 Å². The molecule has 8 nitrogen and oxygen atoms in total. The number of alkyl halides is 4. The Labute approximate surface area is 143 Å². The topological polar surface area (TPSA) is 101 Å². The molecule has 0 spiro atoms. The minimum Gasteiger partial charge on any atom is -0.479 e. The molecule has 1 aliphatic heterocycles. The highest BCUT2D eigenvalue weighted by Gasteiger charge is 2.47. The lowest BCUT2D eigenvalue weighted by Crippen LogP contribution is -2.39. The minimum atomic E-state index is -4.53. The maximum Gasteiger partial charge on any atom is 0.417 e. The summed E-state index contributed by atoms with van der Waals surface area (Å²) in [7, 11) is 0. The molecule has 0 aliphatic carbocycles. The van der Waals surface area contributed by atoms with E-state index in [9.17, 15) is 27.2 Å². The fourth-order valence-corrected chi connectivity index (χ4v) is 2.45. The summed E-state index contributed by atoms with van der Waals surface area (Å²) in [6.07, 6.45) is -3.14. The van der Waals surface area contributed by atoms with Crippen LogP contribution in [0.2, 0.25) is 0 Å². The number of rotatable bonds is 3. The first-order valence-corrected chi connectivity index (χ1v) is 7.28. The van der Waals surface area contributed by atoms with Gasteiger partial charge < -0.3 is 10.0 Å². The van der Waals surface area contributed by atoms with Gasteiger partial charge in [-0.3, -0.25) is 4.79 Å². The first-order valence-electron chi connectivity index (χ1n) is 7.28. The Morgan fingerprint density at radius 2 is 2.00 bits per heavy atom. The molecule has 2 aromatic heterocycles. The number of pyridine rings is 1. The molecule has 3 rings (SSSR count). The maximum atomic E-state index is 14.0. The molecular formula is C14H11F4N5O3. The standard InChI is InChI=1S/C14H11F4N5O3/c15-13(12(25)26)3-4-22(7-13)11(24)9-6-23(21-20-9)10-2-1-8(5-19-10)14(16,17)18/h1-2,5-6H,3-4,7H2,(H,25,26). The van der Waals surface area contributed by atoms with Crippen LogP contribution in [0, 0.1) is 0 Å². The zero-order valence-corrected chi connectivity index (χ0v) is 12.9. The molecule has 0 bridgehead atoms. The Balaban J connectivity index is 1.76. The number of carboxylic acid groups (broad SMARTS) is 1. The quantitative estimate of drug-likeness (QED) is 0.815. The Morgan fingerprint density at radius 1 is 1.27 bits per heavy atom. The predicted molar refractivity (Wildman–Crippen MR) is 76.2 cm³/mol. The molecule has 1 atom stereocenters. The molecule has 12 heteroatoms. The van der Waals surface area contributed by atoms with E-state index >= 15 is 0 Å². The second-order valence-corrected chi connectivity index (χ2v) is 5.70. The van der Waals surface area contributed by atoms with Crippen molar-refractivity contribution >= 4 is 11.9 Å². The van der Waals surface area contributed by atoms with Gasteiger partial charge in [0.2, 0.25) is 5.67 Å². The molecule has 1 saturated heterocycles. The van der Waals surface area contributed by atoms with Crippen molar-refractivity contribution in [3.05, 3.63) is 35.8 Å². The third-order valence-corrected chi connectivity index (χ3v) is 3.91. The minimum absolute atomic E-state index is 0.00338. The van der Waals surface area contributed by atoms with Crippen molar-refractivity contribution in [2.75, 3.05) is 13.1 Å². The molecule has 0 radical (unpaired) electrons. The molecule has 1 amide bonds. The fraction of sp³-hybridized carbons (Fsp3) is 0.357. The van der Waals surface area contributed by atoms with Gasteiger partial charge in [0.15, 0.2) is 11.5 Å². The Kier molecular flexibility index (Phi) is 4.12. The highest BCUT2D eigenvalue weighted by atomic mass is 19.4. The van der Waals surface area contributed by atoms with Crippen LogP contribution in [0.15, 0.2) is 24.5 Å². The third-order valence-electron chi connectivity index (χ3n) is 3.91. The molecular weight excluding hydrogens is 362 g/mol. The van der Waals surface area contributed by atoms with Gasteiger partial charge >= 0.3 is 12.1 Å². The molecule has 1 unspecified atom stereocenters. The van der Waals surface area contributed by atoms with E-state index in [1.165, 1.54) is 0 Å². The number of halogens is 4. The van der Waals surface area contributed by atoms with Crippen molar-refractivity contribution in [1.29, 1.82) is 0 Å². The zero-order chi connectivity index (χ0) is 19.1. The lowest BCUT2D eigenvalue weighted by molar-refractivity contribution is -0.149. The summed E-state index contributed by atoms with van der Waals surface area (Å²) in [4.78, 5) is 27.7. The Hall–Kier alpha value is -3.05. The van der Waals surface area contributed by atoms with Crippen LogP contribution in [-0.2, 0) is 11.0 Å². The van der Waals surface area contributed by atoms with Gasteiger partial charge in [0.25, 0.3) is 5.91 Å². The van der Waals surface area contributed by atoms with Gasteiger partial charge in [-0.05, 0) is 12.1 Å². The lowest BCUT2D eigenvalue weighted by Gasteiger charge is -2.16. The molecule has 0 saturated carbocycles. The van der Waals surface area contributed by atoms with Crippen LogP contribution in [0.3, 0.4) is 0 Å². The molecule has 1 fully saturated rings. The number of carbonyl (C=O) groups excluding carboxylic acids is 1. The van der Waals surface area contributed by atoms with Crippen molar-refractivity contribution in [2.24, 2.45) is 0 Å². The number of aliphatic carboxylic acids is 1. The van der Waals surface area contributed by atoms with Crippen LogP contribution < -0.4 is 0 Å². The van der Waals surface area contributed by atoms with Crippen molar-refractivity contribution in [1.82, 2.24) is 24.9 Å². The molecule has 1 N–H and O–H groups in total. The first-order chi connectivity index (χ1) is 12.1. The Bertz CT molecular complexity index is 851. The smallest absolute Gasteiger partial charge is 0.417 e. The van der Waals surface area contributed by atoms with Gasteiger partial charge in [0.1, 0.15) is 0 Å². The first kappa shape index (κ1) is 17.8. The number of likely N-dealkylation sites (tertiary alicyclic amines) is 1. The van der Waals surface area contributed by atoms with Gasteiger partial charge in [-0.2, -0.15) is 13.2 Å². The summed E-state index contributed by atoms with van der Waals surface area (Å²) in [5, 5.41) is 16.0. The summed E-state index contributed by atoms with van der Waals surface area (Å²) >= 11 is 0. The van der Waals surface area contributed by atoms with E-state index in [0.29, 0.717) is 6.20 Å². The van der Waals surface area contributed by atoms with E-state index in [4.69, 9.17) is 5.11 Å². The molecule has 0 aromatic carbocycles. The highest BCUT2D eigenvalue weighted by Crippen LogP contribution is 2.29.